The maximum absolute atomic E-state index is 14.5. The second-order valence-electron chi connectivity index (χ2n) is 9.41. The minimum Gasteiger partial charge on any atom is -0.490 e. The van der Waals surface area contributed by atoms with Crippen LogP contribution in [0.5, 0.6) is 5.75 Å². The lowest BCUT2D eigenvalue weighted by Gasteiger charge is -2.37. The van der Waals surface area contributed by atoms with Crippen LogP contribution in [-0.2, 0) is 0 Å². The first-order valence-electron chi connectivity index (χ1n) is 11.1. The third-order valence-electron chi connectivity index (χ3n) is 7.38. The standard InChI is InChI=1S/C25H31F3O.2H2/c1-15-3-8-18(9-4-15)19-11-6-17(7-12-19)14-29-21-13-20-10-5-16(2)23(26)22(20)25(28)24(21)27;;/h5,10,13,15,17-19H,3-4,6-9,11-12,14H2,1-2H3;2*1H. The van der Waals surface area contributed by atoms with E-state index in [0.717, 1.165) is 30.6 Å². The molecule has 0 amide bonds. The fraction of sp³-hybridized carbons (Fsp3) is 0.600. The Morgan fingerprint density at radius 3 is 2.14 bits per heavy atom. The van der Waals surface area contributed by atoms with E-state index in [1.54, 1.807) is 19.1 Å². The number of fused-ring (bicyclic) bond motifs is 1. The lowest BCUT2D eigenvalue weighted by Crippen LogP contribution is -2.27. The van der Waals surface area contributed by atoms with Gasteiger partial charge in [0.15, 0.2) is 11.6 Å². The molecule has 2 saturated carbocycles. The van der Waals surface area contributed by atoms with Crippen LogP contribution in [0.4, 0.5) is 13.2 Å². The molecule has 4 heteroatoms. The van der Waals surface area contributed by atoms with Crippen LogP contribution in [0.15, 0.2) is 18.2 Å². The van der Waals surface area contributed by atoms with Crippen molar-refractivity contribution in [1.82, 2.24) is 0 Å². The summed E-state index contributed by atoms with van der Waals surface area (Å²) in [6, 6.07) is 4.61. The fourth-order valence-corrected chi connectivity index (χ4v) is 5.36. The number of hydrogen-bond acceptors (Lipinski definition) is 1. The van der Waals surface area contributed by atoms with Crippen molar-refractivity contribution in [3.8, 4) is 5.75 Å². The monoisotopic (exact) mass is 408 g/mol. The zero-order valence-electron chi connectivity index (χ0n) is 17.4. The SMILES string of the molecule is Cc1ccc2cc(OCC3CCC(C4CCC(C)CC4)CC3)c(F)c(F)c2c1F.[HH].[HH]. The van der Waals surface area contributed by atoms with E-state index in [9.17, 15) is 13.2 Å². The predicted octanol–water partition coefficient (Wildman–Crippen LogP) is 8.07. The Labute approximate surface area is 174 Å². The van der Waals surface area contributed by atoms with Gasteiger partial charge in [0.25, 0.3) is 0 Å². The Hall–Kier alpha value is -1.71. The van der Waals surface area contributed by atoms with Gasteiger partial charge in [0, 0.05) is 2.85 Å². The van der Waals surface area contributed by atoms with Crippen LogP contribution in [0.3, 0.4) is 0 Å². The zero-order chi connectivity index (χ0) is 20.5. The minimum atomic E-state index is -1.16. The maximum atomic E-state index is 14.5. The summed E-state index contributed by atoms with van der Waals surface area (Å²) in [6.45, 7) is 4.29. The summed E-state index contributed by atoms with van der Waals surface area (Å²) in [5.74, 6) is -0.117. The maximum Gasteiger partial charge on any atom is 0.201 e. The van der Waals surface area contributed by atoms with Crippen LogP contribution in [-0.4, -0.2) is 6.61 Å². The van der Waals surface area contributed by atoms with E-state index in [1.165, 1.54) is 44.6 Å². The number of ether oxygens (including phenoxy) is 1. The Kier molecular flexibility index (Phi) is 6.08. The summed E-state index contributed by atoms with van der Waals surface area (Å²) < 4.78 is 48.8. The molecule has 2 aliphatic carbocycles. The van der Waals surface area contributed by atoms with Gasteiger partial charge in [-0.3, -0.25) is 0 Å². The fourth-order valence-electron chi connectivity index (χ4n) is 5.36. The van der Waals surface area contributed by atoms with Gasteiger partial charge < -0.3 is 4.74 Å². The summed E-state index contributed by atoms with van der Waals surface area (Å²) >= 11 is 0. The molecule has 0 aromatic heterocycles. The van der Waals surface area contributed by atoms with Gasteiger partial charge in [0.05, 0.1) is 12.0 Å². The van der Waals surface area contributed by atoms with Crippen LogP contribution in [0.2, 0.25) is 0 Å². The molecule has 2 aliphatic rings. The smallest absolute Gasteiger partial charge is 0.201 e. The number of halogens is 3. The molecule has 162 valence electrons. The molecule has 0 atom stereocenters. The van der Waals surface area contributed by atoms with Crippen molar-refractivity contribution in [3.05, 3.63) is 41.2 Å². The van der Waals surface area contributed by atoms with Gasteiger partial charge in [-0.2, -0.15) is 4.39 Å². The summed E-state index contributed by atoms with van der Waals surface area (Å²) in [5, 5.41) is 0.0365. The summed E-state index contributed by atoms with van der Waals surface area (Å²) in [6.07, 6.45) is 10.1. The van der Waals surface area contributed by atoms with Gasteiger partial charge in [-0.25, -0.2) is 8.78 Å². The Balaban J connectivity index is 0.00000171. The average molecular weight is 409 g/mol. The molecule has 2 aromatic carbocycles. The van der Waals surface area contributed by atoms with E-state index < -0.39 is 17.5 Å². The highest BCUT2D eigenvalue weighted by Gasteiger charge is 2.30. The molecule has 4 rings (SSSR count). The minimum absolute atomic E-state index is 0. The van der Waals surface area contributed by atoms with Gasteiger partial charge in [-0.1, -0.05) is 31.9 Å². The molecule has 0 radical (unpaired) electrons. The predicted molar refractivity (Wildman–Crippen MR) is 115 cm³/mol. The number of aryl methyl sites for hydroxylation is 1. The highest BCUT2D eigenvalue weighted by molar-refractivity contribution is 5.86. The van der Waals surface area contributed by atoms with Crippen LogP contribution < -0.4 is 4.74 Å². The topological polar surface area (TPSA) is 9.23 Å². The van der Waals surface area contributed by atoms with E-state index in [0.29, 0.717) is 23.5 Å². The quantitative estimate of drug-likeness (QED) is 0.497. The second-order valence-corrected chi connectivity index (χ2v) is 9.41. The van der Waals surface area contributed by atoms with Crippen molar-refractivity contribution in [2.24, 2.45) is 23.7 Å². The van der Waals surface area contributed by atoms with Crippen molar-refractivity contribution < 1.29 is 20.8 Å². The molecule has 0 N–H and O–H groups in total. The van der Waals surface area contributed by atoms with Gasteiger partial charge in [0.1, 0.15) is 5.82 Å². The Morgan fingerprint density at radius 2 is 1.48 bits per heavy atom. The number of hydrogen-bond donors (Lipinski definition) is 0. The summed E-state index contributed by atoms with van der Waals surface area (Å²) in [4.78, 5) is 0. The first kappa shape index (κ1) is 20.6. The van der Waals surface area contributed by atoms with E-state index in [4.69, 9.17) is 4.74 Å². The van der Waals surface area contributed by atoms with Crippen LogP contribution in [0.25, 0.3) is 10.8 Å². The lowest BCUT2D eigenvalue weighted by molar-refractivity contribution is 0.124. The molecule has 1 nitrogen and oxygen atoms in total. The van der Waals surface area contributed by atoms with Crippen molar-refractivity contribution in [2.75, 3.05) is 6.61 Å². The van der Waals surface area contributed by atoms with Crippen molar-refractivity contribution in [1.29, 1.82) is 0 Å². The first-order valence-corrected chi connectivity index (χ1v) is 11.1. The average Bonchev–Trinajstić information content (AvgIpc) is 2.73. The van der Waals surface area contributed by atoms with E-state index >= 15 is 0 Å². The van der Waals surface area contributed by atoms with Crippen molar-refractivity contribution >= 4 is 10.8 Å². The van der Waals surface area contributed by atoms with Gasteiger partial charge in [0.2, 0.25) is 5.82 Å². The molecular formula is C25H35F3O. The van der Waals surface area contributed by atoms with Crippen molar-refractivity contribution in [2.45, 2.75) is 65.2 Å². The Morgan fingerprint density at radius 1 is 0.862 bits per heavy atom. The molecule has 0 heterocycles. The summed E-state index contributed by atoms with van der Waals surface area (Å²) in [7, 11) is 0. The molecule has 0 unspecified atom stereocenters. The van der Waals surface area contributed by atoms with Gasteiger partial charge in [-0.05, 0) is 86.1 Å². The zero-order valence-corrected chi connectivity index (χ0v) is 17.4. The number of benzene rings is 2. The third kappa shape index (κ3) is 4.27. The molecule has 0 bridgehead atoms. The van der Waals surface area contributed by atoms with E-state index in [1.807, 2.05) is 0 Å². The van der Waals surface area contributed by atoms with E-state index in [-0.39, 0.29) is 14.0 Å². The van der Waals surface area contributed by atoms with Crippen molar-refractivity contribution in [3.63, 3.8) is 0 Å². The van der Waals surface area contributed by atoms with Crippen LogP contribution >= 0.6 is 0 Å². The molecule has 0 aliphatic heterocycles. The lowest BCUT2D eigenvalue weighted by atomic mass is 9.69. The van der Waals surface area contributed by atoms with Crippen LogP contribution in [0, 0.1) is 48.0 Å². The molecule has 29 heavy (non-hydrogen) atoms. The first-order chi connectivity index (χ1) is 13.9. The summed E-state index contributed by atoms with van der Waals surface area (Å²) in [5.41, 5.74) is 0.300. The molecular weight excluding hydrogens is 373 g/mol. The normalized spacial score (nSPS) is 27.9. The molecule has 2 fully saturated rings. The molecule has 2 aromatic rings. The molecule has 0 saturated heterocycles. The highest BCUT2D eigenvalue weighted by Crippen LogP contribution is 2.41. The third-order valence-corrected chi connectivity index (χ3v) is 7.38. The van der Waals surface area contributed by atoms with Gasteiger partial charge in [-0.15, -0.1) is 0 Å². The largest absolute Gasteiger partial charge is 0.490 e. The van der Waals surface area contributed by atoms with Crippen LogP contribution in [0.1, 0.15) is 66.7 Å². The van der Waals surface area contributed by atoms with E-state index in [2.05, 4.69) is 6.92 Å². The van der Waals surface area contributed by atoms with Gasteiger partial charge >= 0.3 is 0 Å². The molecule has 0 spiro atoms. The number of rotatable bonds is 4. The highest BCUT2D eigenvalue weighted by atomic mass is 19.2. The second kappa shape index (κ2) is 8.57. The Bertz CT molecular complexity index is 873.